The van der Waals surface area contributed by atoms with E-state index in [4.69, 9.17) is 10.2 Å². The van der Waals surface area contributed by atoms with Crippen molar-refractivity contribution in [2.24, 2.45) is 0 Å². The average molecular weight is 143 g/mol. The molecule has 0 fully saturated rings. The number of pyridine rings is 1. The first kappa shape index (κ1) is 6.95. The molecule has 1 aromatic heterocycles. The van der Waals surface area contributed by atoms with Gasteiger partial charge < -0.3 is 10.2 Å². The minimum Gasteiger partial charge on any atom is -0.506 e. The Labute approximate surface area is 56.8 Å². The van der Waals surface area contributed by atoms with Crippen molar-refractivity contribution in [1.29, 1.82) is 0 Å². The van der Waals surface area contributed by atoms with Crippen LogP contribution in [0, 0.1) is 5.95 Å². The molecule has 3 nitrogen and oxygen atoms in total. The number of halogens is 1. The summed E-state index contributed by atoms with van der Waals surface area (Å²) in [7, 11) is 0. The number of aliphatic hydroxyl groups is 1. The molecule has 10 heavy (non-hydrogen) atoms. The van der Waals surface area contributed by atoms with E-state index in [1.165, 1.54) is 0 Å². The van der Waals surface area contributed by atoms with Crippen molar-refractivity contribution in [1.82, 2.24) is 4.98 Å². The molecule has 0 aromatic carbocycles. The summed E-state index contributed by atoms with van der Waals surface area (Å²) in [6.45, 7) is -0.455. The molecule has 0 radical (unpaired) electrons. The van der Waals surface area contributed by atoms with E-state index in [9.17, 15) is 4.39 Å². The summed E-state index contributed by atoms with van der Waals surface area (Å²) < 4.78 is 12.2. The lowest BCUT2D eigenvalue weighted by molar-refractivity contribution is 0.267. The predicted octanol–water partition coefficient (Wildman–Crippen LogP) is 0.419. The minimum atomic E-state index is -0.707. The Morgan fingerprint density at radius 3 is 2.70 bits per heavy atom. The number of aromatic nitrogens is 1. The lowest BCUT2D eigenvalue weighted by Crippen LogP contribution is -1.91. The van der Waals surface area contributed by atoms with Crippen LogP contribution in [0.3, 0.4) is 0 Å². The van der Waals surface area contributed by atoms with Gasteiger partial charge >= 0.3 is 0 Å². The molecule has 0 spiro atoms. The van der Waals surface area contributed by atoms with Gasteiger partial charge in [0.2, 0.25) is 5.95 Å². The smallest absolute Gasteiger partial charge is 0.213 e. The third-order valence-electron chi connectivity index (χ3n) is 1.07. The summed E-state index contributed by atoms with van der Waals surface area (Å²) in [5.74, 6) is -0.897. The van der Waals surface area contributed by atoms with Crippen LogP contribution in [0.4, 0.5) is 4.39 Å². The Hall–Kier alpha value is -1.16. The average Bonchev–Trinajstić information content (AvgIpc) is 1.94. The van der Waals surface area contributed by atoms with Crippen molar-refractivity contribution in [2.75, 3.05) is 0 Å². The summed E-state index contributed by atoms with van der Waals surface area (Å²) in [6, 6.07) is 2.17. The molecular weight excluding hydrogens is 137 g/mol. The first-order chi connectivity index (χ1) is 4.74. The lowest BCUT2D eigenvalue weighted by atomic mass is 10.3. The van der Waals surface area contributed by atoms with Crippen LogP contribution in [0.5, 0.6) is 5.75 Å². The van der Waals surface area contributed by atoms with Crippen LogP contribution < -0.4 is 0 Å². The zero-order valence-electron chi connectivity index (χ0n) is 5.08. The molecule has 1 rings (SSSR count). The van der Waals surface area contributed by atoms with Gasteiger partial charge in [0.25, 0.3) is 0 Å². The lowest BCUT2D eigenvalue weighted by Gasteiger charge is -1.97. The molecule has 0 saturated heterocycles. The Morgan fingerprint density at radius 2 is 2.20 bits per heavy atom. The maximum Gasteiger partial charge on any atom is 0.213 e. The van der Waals surface area contributed by atoms with Gasteiger partial charge in [0.15, 0.2) is 0 Å². The molecule has 0 unspecified atom stereocenters. The molecular formula is C6H6FNO2. The first-order valence-electron chi connectivity index (χ1n) is 2.69. The predicted molar refractivity (Wildman–Crippen MR) is 31.8 cm³/mol. The maximum absolute atomic E-state index is 12.2. The van der Waals surface area contributed by atoms with E-state index in [0.29, 0.717) is 0 Å². The molecule has 0 aliphatic carbocycles. The molecule has 0 aliphatic rings. The summed E-state index contributed by atoms with van der Waals surface area (Å²) in [4.78, 5) is 3.22. The van der Waals surface area contributed by atoms with E-state index in [1.54, 1.807) is 0 Å². The van der Waals surface area contributed by atoms with Crippen molar-refractivity contribution in [2.45, 2.75) is 6.61 Å². The molecule has 4 heteroatoms. The zero-order chi connectivity index (χ0) is 7.56. The van der Waals surface area contributed by atoms with Crippen LogP contribution in [0.2, 0.25) is 0 Å². The highest BCUT2D eigenvalue weighted by atomic mass is 19.1. The second kappa shape index (κ2) is 2.62. The fourth-order valence-electron chi connectivity index (χ4n) is 0.584. The summed E-state index contributed by atoms with van der Waals surface area (Å²) in [6.07, 6.45) is 0. The molecule has 54 valence electrons. The quantitative estimate of drug-likeness (QED) is 0.560. The van der Waals surface area contributed by atoms with E-state index in [0.717, 1.165) is 12.1 Å². The summed E-state index contributed by atoms with van der Waals surface area (Å²) in [5, 5.41) is 17.3. The molecule has 0 amide bonds. The van der Waals surface area contributed by atoms with Gasteiger partial charge in [-0.15, -0.1) is 0 Å². The van der Waals surface area contributed by atoms with E-state index in [-0.39, 0.29) is 11.4 Å². The topological polar surface area (TPSA) is 53.4 Å². The number of rotatable bonds is 1. The highest BCUT2D eigenvalue weighted by molar-refractivity contribution is 5.24. The van der Waals surface area contributed by atoms with Crippen LogP contribution in [0.25, 0.3) is 0 Å². The monoisotopic (exact) mass is 143 g/mol. The van der Waals surface area contributed by atoms with Crippen molar-refractivity contribution >= 4 is 0 Å². The largest absolute Gasteiger partial charge is 0.506 e. The van der Waals surface area contributed by atoms with Gasteiger partial charge in [-0.1, -0.05) is 0 Å². The van der Waals surface area contributed by atoms with Crippen molar-refractivity contribution in [3.8, 4) is 5.75 Å². The van der Waals surface area contributed by atoms with Gasteiger partial charge in [-0.3, -0.25) is 0 Å². The number of aliphatic hydroxyl groups excluding tert-OH is 1. The van der Waals surface area contributed by atoms with Crippen LogP contribution in [-0.4, -0.2) is 15.2 Å². The molecule has 0 saturated carbocycles. The fourth-order valence-corrected chi connectivity index (χ4v) is 0.584. The number of nitrogens with zero attached hydrogens (tertiary/aromatic N) is 1. The van der Waals surface area contributed by atoms with Crippen LogP contribution in [0.1, 0.15) is 5.69 Å². The Kier molecular flexibility index (Phi) is 1.82. The van der Waals surface area contributed by atoms with Crippen LogP contribution >= 0.6 is 0 Å². The van der Waals surface area contributed by atoms with Crippen molar-refractivity contribution < 1.29 is 14.6 Å². The van der Waals surface area contributed by atoms with Crippen molar-refractivity contribution in [3.05, 3.63) is 23.8 Å². The van der Waals surface area contributed by atoms with Gasteiger partial charge in [-0.25, -0.2) is 4.98 Å². The second-order valence-electron chi connectivity index (χ2n) is 1.76. The molecule has 0 atom stereocenters. The normalized spacial score (nSPS) is 9.80. The first-order valence-corrected chi connectivity index (χ1v) is 2.69. The SMILES string of the molecule is OCc1nc(F)ccc1O. The van der Waals surface area contributed by atoms with Gasteiger partial charge in [0, 0.05) is 0 Å². The number of hydrogen-bond donors (Lipinski definition) is 2. The van der Waals surface area contributed by atoms with Crippen LogP contribution in [0.15, 0.2) is 12.1 Å². The Bertz CT molecular complexity index is 239. The zero-order valence-corrected chi connectivity index (χ0v) is 5.08. The minimum absolute atomic E-state index is 0.0417. The molecule has 0 bridgehead atoms. The third kappa shape index (κ3) is 1.22. The van der Waals surface area contributed by atoms with Gasteiger partial charge in [0.05, 0.1) is 6.61 Å². The Balaban J connectivity index is 3.09. The van der Waals surface area contributed by atoms with Gasteiger partial charge in [-0.05, 0) is 12.1 Å². The van der Waals surface area contributed by atoms with Gasteiger partial charge in [0.1, 0.15) is 11.4 Å². The van der Waals surface area contributed by atoms with Crippen molar-refractivity contribution in [3.63, 3.8) is 0 Å². The van der Waals surface area contributed by atoms with Crippen LogP contribution in [-0.2, 0) is 6.61 Å². The molecule has 1 heterocycles. The highest BCUT2D eigenvalue weighted by Gasteiger charge is 2.01. The summed E-state index contributed by atoms with van der Waals surface area (Å²) in [5.41, 5.74) is -0.0417. The van der Waals surface area contributed by atoms with E-state index in [1.807, 2.05) is 0 Å². The van der Waals surface area contributed by atoms with E-state index in [2.05, 4.69) is 4.98 Å². The maximum atomic E-state index is 12.2. The van der Waals surface area contributed by atoms with E-state index >= 15 is 0 Å². The summed E-state index contributed by atoms with van der Waals surface area (Å²) >= 11 is 0. The van der Waals surface area contributed by atoms with E-state index < -0.39 is 12.6 Å². The standard InChI is InChI=1S/C6H6FNO2/c7-6-2-1-5(10)4(3-9)8-6/h1-2,9-10H,3H2. The van der Waals surface area contributed by atoms with Gasteiger partial charge in [-0.2, -0.15) is 4.39 Å². The Morgan fingerprint density at radius 1 is 1.50 bits per heavy atom. The number of aromatic hydroxyl groups is 1. The third-order valence-corrected chi connectivity index (χ3v) is 1.07. The fraction of sp³-hybridized carbons (Fsp3) is 0.167. The highest BCUT2D eigenvalue weighted by Crippen LogP contribution is 2.13. The molecule has 1 aromatic rings. The molecule has 2 N–H and O–H groups in total. The second-order valence-corrected chi connectivity index (χ2v) is 1.76. The molecule has 0 aliphatic heterocycles. The number of hydrogen-bond acceptors (Lipinski definition) is 3.